The number of hydrogen-bond donors (Lipinski definition) is 2. The molecule has 12 heteroatoms. The zero-order valence-corrected chi connectivity index (χ0v) is 20.2. The van der Waals surface area contributed by atoms with Crippen molar-refractivity contribution in [3.63, 3.8) is 0 Å². The quantitative estimate of drug-likeness (QED) is 0.430. The molecule has 0 bridgehead atoms. The second-order valence-electron chi connectivity index (χ2n) is 7.21. The van der Waals surface area contributed by atoms with E-state index in [-0.39, 0.29) is 31.9 Å². The van der Waals surface area contributed by atoms with E-state index in [1.165, 1.54) is 42.5 Å². The number of esters is 1. The third kappa shape index (κ3) is 5.97. The Bertz CT molecular complexity index is 1360. The Morgan fingerprint density at radius 2 is 1.57 bits per heavy atom. The monoisotopic (exact) mass is 536 g/mol. The first-order chi connectivity index (χ1) is 16.7. The molecule has 1 heterocycles. The summed E-state index contributed by atoms with van der Waals surface area (Å²) in [6.07, 6.45) is 0. The third-order valence-corrected chi connectivity index (χ3v) is 6.77. The molecule has 0 aromatic heterocycles. The lowest BCUT2D eigenvalue weighted by Gasteiger charge is -2.19. The fourth-order valence-corrected chi connectivity index (χ4v) is 4.65. The SMILES string of the molecule is O=C(COC(=O)c1ccc(NS(=O)(=O)c2ccc3c(c2)OCCO3)cc1)Nc1c(Cl)cccc1Cl. The normalized spacial score (nSPS) is 12.5. The zero-order chi connectivity index (χ0) is 25.0. The predicted molar refractivity (Wildman–Crippen MR) is 130 cm³/mol. The van der Waals surface area contributed by atoms with E-state index in [1.54, 1.807) is 18.2 Å². The summed E-state index contributed by atoms with van der Waals surface area (Å²) in [4.78, 5) is 24.4. The van der Waals surface area contributed by atoms with Crippen LogP contribution in [0.4, 0.5) is 11.4 Å². The van der Waals surface area contributed by atoms with Gasteiger partial charge in [-0.25, -0.2) is 13.2 Å². The average Bonchev–Trinajstić information content (AvgIpc) is 2.85. The van der Waals surface area contributed by atoms with Crippen LogP contribution in [-0.4, -0.2) is 40.1 Å². The lowest BCUT2D eigenvalue weighted by molar-refractivity contribution is -0.119. The van der Waals surface area contributed by atoms with Crippen LogP contribution in [0.5, 0.6) is 11.5 Å². The summed E-state index contributed by atoms with van der Waals surface area (Å²) in [7, 11) is -3.91. The van der Waals surface area contributed by atoms with E-state index >= 15 is 0 Å². The summed E-state index contributed by atoms with van der Waals surface area (Å²) in [5.74, 6) is -0.580. The van der Waals surface area contributed by atoms with E-state index in [1.807, 2.05) is 0 Å². The van der Waals surface area contributed by atoms with Crippen molar-refractivity contribution in [1.82, 2.24) is 0 Å². The highest BCUT2D eigenvalue weighted by molar-refractivity contribution is 7.92. The molecule has 4 rings (SSSR count). The molecule has 182 valence electrons. The minimum Gasteiger partial charge on any atom is -0.486 e. The molecule has 0 unspecified atom stereocenters. The van der Waals surface area contributed by atoms with Crippen LogP contribution in [0.25, 0.3) is 0 Å². The van der Waals surface area contributed by atoms with Crippen molar-refractivity contribution in [3.8, 4) is 11.5 Å². The first-order valence-corrected chi connectivity index (χ1v) is 12.4. The topological polar surface area (TPSA) is 120 Å². The number of halogens is 2. The van der Waals surface area contributed by atoms with Crippen LogP contribution in [0.15, 0.2) is 65.6 Å². The molecule has 2 N–H and O–H groups in total. The molecule has 0 saturated carbocycles. The number of sulfonamides is 1. The molecule has 3 aromatic carbocycles. The Labute approximate surface area is 210 Å². The number of fused-ring (bicyclic) bond motifs is 1. The number of anilines is 2. The molecule has 0 saturated heterocycles. The van der Waals surface area contributed by atoms with Crippen LogP contribution < -0.4 is 19.5 Å². The van der Waals surface area contributed by atoms with Crippen LogP contribution in [0, 0.1) is 0 Å². The third-order valence-electron chi connectivity index (χ3n) is 4.76. The highest BCUT2D eigenvalue weighted by Gasteiger charge is 2.20. The van der Waals surface area contributed by atoms with Crippen molar-refractivity contribution in [1.29, 1.82) is 0 Å². The molecule has 9 nitrogen and oxygen atoms in total. The average molecular weight is 537 g/mol. The molecular weight excluding hydrogens is 519 g/mol. The van der Waals surface area contributed by atoms with Crippen LogP contribution in [0.1, 0.15) is 10.4 Å². The van der Waals surface area contributed by atoms with Gasteiger partial charge in [0.1, 0.15) is 13.2 Å². The lowest BCUT2D eigenvalue weighted by atomic mass is 10.2. The molecule has 0 atom stereocenters. The molecule has 0 radical (unpaired) electrons. The molecule has 0 spiro atoms. The van der Waals surface area contributed by atoms with Gasteiger partial charge in [0, 0.05) is 11.8 Å². The number of hydrogen-bond acceptors (Lipinski definition) is 7. The van der Waals surface area contributed by atoms with Crippen molar-refractivity contribution in [2.45, 2.75) is 4.90 Å². The summed E-state index contributed by atoms with van der Waals surface area (Å²) < 4.78 is 43.7. The number of para-hydroxylation sites is 1. The number of benzene rings is 3. The largest absolute Gasteiger partial charge is 0.486 e. The summed E-state index contributed by atoms with van der Waals surface area (Å²) >= 11 is 12.0. The molecule has 0 aliphatic carbocycles. The van der Waals surface area contributed by atoms with Crippen LogP contribution in [-0.2, 0) is 19.6 Å². The van der Waals surface area contributed by atoms with Gasteiger partial charge in [0.15, 0.2) is 18.1 Å². The van der Waals surface area contributed by atoms with E-state index in [9.17, 15) is 18.0 Å². The number of amides is 1. The predicted octanol–water partition coefficient (Wildman–Crippen LogP) is 4.36. The molecule has 1 amide bonds. The van der Waals surface area contributed by atoms with E-state index in [4.69, 9.17) is 37.4 Å². The first kappa shape index (κ1) is 24.6. The standard InChI is InChI=1S/C23H18Cl2N2O7S/c24-17-2-1-3-18(25)22(17)26-21(28)13-34-23(29)14-4-6-15(7-5-14)27-35(30,31)16-8-9-19-20(12-16)33-11-10-32-19/h1-9,12,27H,10-11,13H2,(H,26,28). The highest BCUT2D eigenvalue weighted by Crippen LogP contribution is 2.33. The molecule has 1 aliphatic heterocycles. The van der Waals surface area contributed by atoms with Gasteiger partial charge in [-0.05, 0) is 48.5 Å². The van der Waals surface area contributed by atoms with E-state index in [0.717, 1.165) is 0 Å². The van der Waals surface area contributed by atoms with Gasteiger partial charge >= 0.3 is 5.97 Å². The Hall–Kier alpha value is -3.47. The summed E-state index contributed by atoms with van der Waals surface area (Å²) in [6, 6.07) is 14.6. The summed E-state index contributed by atoms with van der Waals surface area (Å²) in [5.41, 5.74) is 0.560. The van der Waals surface area contributed by atoms with E-state index in [0.29, 0.717) is 24.7 Å². The Balaban J connectivity index is 1.35. The minimum atomic E-state index is -3.91. The van der Waals surface area contributed by atoms with Crippen molar-refractivity contribution >= 4 is 56.5 Å². The van der Waals surface area contributed by atoms with Crippen LogP contribution in [0.2, 0.25) is 10.0 Å². The van der Waals surface area contributed by atoms with Crippen LogP contribution >= 0.6 is 23.2 Å². The highest BCUT2D eigenvalue weighted by atomic mass is 35.5. The maximum absolute atomic E-state index is 12.7. The number of carbonyl (C=O) groups excluding carboxylic acids is 2. The lowest BCUT2D eigenvalue weighted by Crippen LogP contribution is -2.21. The van der Waals surface area contributed by atoms with Gasteiger partial charge in [0.25, 0.3) is 15.9 Å². The second-order valence-corrected chi connectivity index (χ2v) is 9.71. The number of rotatable bonds is 7. The maximum atomic E-state index is 12.7. The second kappa shape index (κ2) is 10.4. The molecule has 1 aliphatic rings. The fourth-order valence-electron chi connectivity index (χ4n) is 3.09. The van der Waals surface area contributed by atoms with Crippen molar-refractivity contribution < 1.29 is 32.2 Å². The molecule has 35 heavy (non-hydrogen) atoms. The van der Waals surface area contributed by atoms with Gasteiger partial charge in [-0.2, -0.15) is 0 Å². The van der Waals surface area contributed by atoms with Crippen LogP contribution in [0.3, 0.4) is 0 Å². The van der Waals surface area contributed by atoms with Crippen molar-refractivity contribution in [3.05, 3.63) is 76.3 Å². The summed E-state index contributed by atoms with van der Waals surface area (Å²) in [6.45, 7) is 0.155. The Morgan fingerprint density at radius 3 is 2.26 bits per heavy atom. The first-order valence-electron chi connectivity index (χ1n) is 10.2. The van der Waals surface area contributed by atoms with Crippen molar-refractivity contribution in [2.75, 3.05) is 29.9 Å². The number of nitrogens with one attached hydrogen (secondary N) is 2. The van der Waals surface area contributed by atoms with Gasteiger partial charge in [-0.15, -0.1) is 0 Å². The fraction of sp³-hybridized carbons (Fsp3) is 0.130. The van der Waals surface area contributed by atoms with Gasteiger partial charge in [0.05, 0.1) is 26.2 Å². The minimum absolute atomic E-state index is 0.00475. The van der Waals surface area contributed by atoms with Gasteiger partial charge < -0.3 is 19.5 Å². The van der Waals surface area contributed by atoms with Gasteiger partial charge in [0.2, 0.25) is 0 Å². The van der Waals surface area contributed by atoms with Gasteiger partial charge in [-0.1, -0.05) is 29.3 Å². The van der Waals surface area contributed by atoms with E-state index in [2.05, 4.69) is 10.0 Å². The Morgan fingerprint density at radius 1 is 0.914 bits per heavy atom. The van der Waals surface area contributed by atoms with E-state index < -0.39 is 28.5 Å². The smallest absolute Gasteiger partial charge is 0.338 e. The summed E-state index contributed by atoms with van der Waals surface area (Å²) in [5, 5.41) is 2.97. The Kier molecular flexibility index (Phi) is 7.34. The number of carbonyl (C=O) groups is 2. The zero-order valence-electron chi connectivity index (χ0n) is 17.9. The van der Waals surface area contributed by atoms with Crippen molar-refractivity contribution in [2.24, 2.45) is 0 Å². The molecular formula is C23H18Cl2N2O7S. The maximum Gasteiger partial charge on any atom is 0.338 e. The number of ether oxygens (including phenoxy) is 3. The van der Waals surface area contributed by atoms with Gasteiger partial charge in [-0.3, -0.25) is 9.52 Å². The molecule has 3 aromatic rings. The molecule has 0 fully saturated rings.